The smallest absolute Gasteiger partial charge is 0.335 e. The van der Waals surface area contributed by atoms with Gasteiger partial charge < -0.3 is 10.0 Å². The van der Waals surface area contributed by atoms with Gasteiger partial charge in [-0.1, -0.05) is 6.92 Å². The molecule has 7 heteroatoms. The maximum absolute atomic E-state index is 11.8. The summed E-state index contributed by atoms with van der Waals surface area (Å²) in [6.07, 6.45) is 0.497. The maximum Gasteiger partial charge on any atom is 0.335 e. The second kappa shape index (κ2) is 5.28. The van der Waals surface area contributed by atoms with Crippen LogP contribution in [0.5, 0.6) is 0 Å². The molecule has 0 bridgehead atoms. The summed E-state index contributed by atoms with van der Waals surface area (Å²) in [5.74, 6) is -1.54. The van der Waals surface area contributed by atoms with Gasteiger partial charge in [0, 0.05) is 5.69 Å². The first-order valence-corrected chi connectivity index (χ1v) is 6.24. The predicted octanol–water partition coefficient (Wildman–Crippen LogP) is 0.330. The van der Waals surface area contributed by atoms with E-state index in [2.05, 4.69) is 10.3 Å². The monoisotopic (exact) mass is 277 g/mol. The van der Waals surface area contributed by atoms with Gasteiger partial charge in [-0.25, -0.2) is 9.78 Å². The van der Waals surface area contributed by atoms with E-state index in [4.69, 9.17) is 5.11 Å². The van der Waals surface area contributed by atoms with E-state index in [0.717, 1.165) is 0 Å². The molecule has 0 aliphatic carbocycles. The molecule has 20 heavy (non-hydrogen) atoms. The lowest BCUT2D eigenvalue weighted by molar-refractivity contribution is -0.132. The Morgan fingerprint density at radius 1 is 1.50 bits per heavy atom. The van der Waals surface area contributed by atoms with E-state index >= 15 is 0 Å². The number of piperazine rings is 1. The topological polar surface area (TPSA) is 99.6 Å². The van der Waals surface area contributed by atoms with Crippen LogP contribution in [0.3, 0.4) is 0 Å². The van der Waals surface area contributed by atoms with E-state index in [-0.39, 0.29) is 18.0 Å². The fraction of sp³-hybridized carbons (Fsp3) is 0.385. The Labute approximate surface area is 115 Å². The van der Waals surface area contributed by atoms with Crippen molar-refractivity contribution < 1.29 is 19.5 Å². The molecular weight excluding hydrogens is 262 g/mol. The number of aromatic carboxylic acids is 1. The summed E-state index contributed by atoms with van der Waals surface area (Å²) in [5.41, 5.74) is 0.606. The van der Waals surface area contributed by atoms with Crippen LogP contribution in [0.2, 0.25) is 0 Å². The van der Waals surface area contributed by atoms with Gasteiger partial charge in [-0.05, 0) is 25.5 Å². The molecule has 7 nitrogen and oxygen atoms in total. The van der Waals surface area contributed by atoms with Crippen molar-refractivity contribution in [2.24, 2.45) is 0 Å². The van der Waals surface area contributed by atoms with Crippen LogP contribution in [-0.4, -0.2) is 40.5 Å². The SMILES string of the molecule is CCC1C(=O)NC(=O)CN1c1cc(C(=O)O)cc(C)n1. The molecular formula is C13H15N3O4. The molecule has 0 spiro atoms. The molecule has 2 rings (SSSR count). The number of aryl methyl sites for hydroxylation is 1. The second-order valence-corrected chi connectivity index (χ2v) is 4.62. The highest BCUT2D eigenvalue weighted by molar-refractivity contribution is 6.04. The average molecular weight is 277 g/mol. The van der Waals surface area contributed by atoms with Crippen LogP contribution in [-0.2, 0) is 9.59 Å². The third-order valence-electron chi connectivity index (χ3n) is 3.12. The number of pyridine rings is 1. The van der Waals surface area contributed by atoms with Crippen molar-refractivity contribution in [3.63, 3.8) is 0 Å². The van der Waals surface area contributed by atoms with E-state index in [0.29, 0.717) is 17.9 Å². The number of nitrogens with one attached hydrogen (secondary N) is 1. The van der Waals surface area contributed by atoms with Gasteiger partial charge in [0.15, 0.2) is 0 Å². The minimum absolute atomic E-state index is 0.0141. The number of amides is 2. The zero-order valence-electron chi connectivity index (χ0n) is 11.2. The zero-order valence-corrected chi connectivity index (χ0v) is 11.2. The lowest BCUT2D eigenvalue weighted by atomic mass is 10.1. The number of hydrogen-bond donors (Lipinski definition) is 2. The van der Waals surface area contributed by atoms with Crippen molar-refractivity contribution in [1.82, 2.24) is 10.3 Å². The molecule has 2 heterocycles. The largest absolute Gasteiger partial charge is 0.478 e. The van der Waals surface area contributed by atoms with E-state index in [1.807, 2.05) is 6.92 Å². The van der Waals surface area contributed by atoms with Crippen molar-refractivity contribution in [1.29, 1.82) is 0 Å². The summed E-state index contributed by atoms with van der Waals surface area (Å²) in [6.45, 7) is 3.48. The van der Waals surface area contributed by atoms with Crippen LogP contribution >= 0.6 is 0 Å². The van der Waals surface area contributed by atoms with Gasteiger partial charge in [0.25, 0.3) is 0 Å². The Morgan fingerprint density at radius 2 is 2.20 bits per heavy atom. The third kappa shape index (κ3) is 2.61. The minimum atomic E-state index is -1.07. The Bertz CT molecular complexity index is 585. The zero-order chi connectivity index (χ0) is 14.9. The normalized spacial score (nSPS) is 18.9. The number of carbonyl (C=O) groups excluding carboxylic acids is 2. The van der Waals surface area contributed by atoms with E-state index in [9.17, 15) is 14.4 Å². The van der Waals surface area contributed by atoms with Gasteiger partial charge >= 0.3 is 5.97 Å². The van der Waals surface area contributed by atoms with E-state index < -0.39 is 17.9 Å². The highest BCUT2D eigenvalue weighted by Gasteiger charge is 2.33. The fourth-order valence-corrected chi connectivity index (χ4v) is 2.23. The molecule has 106 valence electrons. The minimum Gasteiger partial charge on any atom is -0.478 e. The molecule has 1 aliphatic heterocycles. The number of aromatic nitrogens is 1. The Balaban J connectivity index is 2.44. The summed E-state index contributed by atoms with van der Waals surface area (Å²) in [7, 11) is 0. The maximum atomic E-state index is 11.8. The number of anilines is 1. The Morgan fingerprint density at radius 3 is 2.80 bits per heavy atom. The lowest BCUT2D eigenvalue weighted by Gasteiger charge is -2.34. The molecule has 0 aromatic carbocycles. The molecule has 1 unspecified atom stereocenters. The lowest BCUT2D eigenvalue weighted by Crippen LogP contribution is -2.58. The number of nitrogens with zero attached hydrogens (tertiary/aromatic N) is 2. The molecule has 1 fully saturated rings. The first-order valence-electron chi connectivity index (χ1n) is 6.24. The fourth-order valence-electron chi connectivity index (χ4n) is 2.23. The second-order valence-electron chi connectivity index (χ2n) is 4.62. The highest BCUT2D eigenvalue weighted by Crippen LogP contribution is 2.21. The van der Waals surface area contributed by atoms with Crippen molar-refractivity contribution in [2.75, 3.05) is 11.4 Å². The van der Waals surface area contributed by atoms with E-state index in [1.165, 1.54) is 12.1 Å². The number of hydrogen-bond acceptors (Lipinski definition) is 5. The average Bonchev–Trinajstić information content (AvgIpc) is 2.37. The molecule has 1 saturated heterocycles. The van der Waals surface area contributed by atoms with Gasteiger partial charge in [0.05, 0.1) is 12.1 Å². The highest BCUT2D eigenvalue weighted by atomic mass is 16.4. The summed E-state index contributed by atoms with van der Waals surface area (Å²) >= 11 is 0. The Kier molecular flexibility index (Phi) is 3.69. The van der Waals surface area contributed by atoms with Crippen molar-refractivity contribution in [2.45, 2.75) is 26.3 Å². The first-order chi connectivity index (χ1) is 9.42. The molecule has 1 aliphatic rings. The van der Waals surface area contributed by atoms with Crippen molar-refractivity contribution in [3.8, 4) is 0 Å². The van der Waals surface area contributed by atoms with Crippen LogP contribution in [0.25, 0.3) is 0 Å². The van der Waals surface area contributed by atoms with Gasteiger partial charge in [-0.15, -0.1) is 0 Å². The summed E-state index contributed by atoms with van der Waals surface area (Å²) < 4.78 is 0. The first kappa shape index (κ1) is 14.0. The van der Waals surface area contributed by atoms with Crippen LogP contribution in [0.15, 0.2) is 12.1 Å². The van der Waals surface area contributed by atoms with Crippen LogP contribution < -0.4 is 10.2 Å². The standard InChI is InChI=1S/C13H15N3O4/c1-3-9-12(18)15-11(17)6-16(9)10-5-8(13(19)20)4-7(2)14-10/h4-5,9H,3,6H2,1-2H3,(H,19,20)(H,15,17,18). The predicted molar refractivity (Wildman–Crippen MR) is 70.5 cm³/mol. The number of rotatable bonds is 3. The number of carboxylic acids is 1. The molecule has 1 aromatic heterocycles. The van der Waals surface area contributed by atoms with Crippen LogP contribution in [0, 0.1) is 6.92 Å². The number of imide groups is 1. The van der Waals surface area contributed by atoms with Crippen molar-refractivity contribution in [3.05, 3.63) is 23.4 Å². The van der Waals surface area contributed by atoms with E-state index in [1.54, 1.807) is 11.8 Å². The molecule has 0 radical (unpaired) electrons. The van der Waals surface area contributed by atoms with Gasteiger partial charge in [-0.3, -0.25) is 14.9 Å². The summed E-state index contributed by atoms with van der Waals surface area (Å²) in [5, 5.41) is 11.3. The molecule has 1 atom stereocenters. The van der Waals surface area contributed by atoms with Crippen LogP contribution in [0.4, 0.5) is 5.82 Å². The summed E-state index contributed by atoms with van der Waals surface area (Å²) in [6, 6.07) is 2.30. The van der Waals surface area contributed by atoms with Gasteiger partial charge in [0.2, 0.25) is 11.8 Å². The number of carboxylic acid groups (broad SMARTS) is 1. The van der Waals surface area contributed by atoms with Gasteiger partial charge in [0.1, 0.15) is 11.9 Å². The molecule has 0 saturated carbocycles. The third-order valence-corrected chi connectivity index (χ3v) is 3.12. The summed E-state index contributed by atoms with van der Waals surface area (Å²) in [4.78, 5) is 40.2. The quantitative estimate of drug-likeness (QED) is 0.772. The molecule has 2 amide bonds. The Hall–Kier alpha value is -2.44. The van der Waals surface area contributed by atoms with Gasteiger partial charge in [-0.2, -0.15) is 0 Å². The molecule has 2 N–H and O–H groups in total. The van der Waals surface area contributed by atoms with Crippen molar-refractivity contribution >= 4 is 23.6 Å². The number of carbonyl (C=O) groups is 3. The van der Waals surface area contributed by atoms with Crippen LogP contribution in [0.1, 0.15) is 29.4 Å². The molecule has 1 aromatic rings.